The molecule has 190 valence electrons. The van der Waals surface area contributed by atoms with Crippen molar-refractivity contribution < 1.29 is 14.9 Å². The van der Waals surface area contributed by atoms with Crippen LogP contribution in [0.15, 0.2) is 60.7 Å². The maximum absolute atomic E-state index is 12.5. The number of H-pyrrole nitrogens is 1. The number of nitro groups is 3. The van der Waals surface area contributed by atoms with Gasteiger partial charge in [0.2, 0.25) is 0 Å². The monoisotopic (exact) mass is 521 g/mol. The number of hydrogen-bond donors (Lipinski definition) is 1. The lowest BCUT2D eigenvalue weighted by atomic mass is 10.0. The van der Waals surface area contributed by atoms with Crippen LogP contribution >= 0.6 is 0 Å². The van der Waals surface area contributed by atoms with Crippen LogP contribution in [0, 0.1) is 30.3 Å². The second-order valence-electron chi connectivity index (χ2n) is 8.59. The Hall–Kier alpha value is -5.98. The molecule has 0 saturated carbocycles. The summed E-state index contributed by atoms with van der Waals surface area (Å²) >= 11 is 0. The number of aromatic nitrogens is 4. The minimum absolute atomic E-state index is 0.156. The molecule has 2 aliphatic heterocycles. The SMILES string of the molecule is O=[N+]([O-])c1c2nc(cc3ccc(cc4nc(cc5c(-c6ccccc6)c([N+](=O)[O-])c1n5[N+](=O)[O-])C=C4)[nH]3)C=C2. The fraction of sp³-hybridized carbons (Fsp3) is 0. The van der Waals surface area contributed by atoms with E-state index in [1.54, 1.807) is 48.6 Å². The van der Waals surface area contributed by atoms with E-state index in [0.29, 0.717) is 21.6 Å². The summed E-state index contributed by atoms with van der Waals surface area (Å²) in [6.07, 6.45) is 6.07. The molecule has 13 nitrogen and oxygen atoms in total. The molecule has 3 aromatic heterocycles. The Kier molecular flexibility index (Phi) is 5.31. The summed E-state index contributed by atoms with van der Waals surface area (Å²) in [6.45, 7) is 0. The molecule has 0 amide bonds. The van der Waals surface area contributed by atoms with Crippen LogP contribution in [0.3, 0.4) is 0 Å². The number of nitrogens with one attached hydrogen (secondary N) is 1. The third-order valence-electron chi connectivity index (χ3n) is 6.18. The lowest BCUT2D eigenvalue weighted by molar-refractivity contribution is -0.534. The highest BCUT2D eigenvalue weighted by molar-refractivity contribution is 6.01. The van der Waals surface area contributed by atoms with E-state index in [1.165, 1.54) is 30.4 Å². The van der Waals surface area contributed by atoms with Gasteiger partial charge in [0, 0.05) is 11.0 Å². The molecule has 0 fully saturated rings. The van der Waals surface area contributed by atoms with Gasteiger partial charge in [-0.1, -0.05) is 30.3 Å². The number of benzene rings is 1. The lowest BCUT2D eigenvalue weighted by Gasteiger charge is -1.98. The van der Waals surface area contributed by atoms with Gasteiger partial charge in [0.1, 0.15) is 11.2 Å². The Balaban J connectivity index is 1.94. The summed E-state index contributed by atoms with van der Waals surface area (Å²) in [7, 11) is 0. The molecule has 4 aromatic rings. The first-order chi connectivity index (χ1) is 18.8. The van der Waals surface area contributed by atoms with Gasteiger partial charge in [0.15, 0.2) is 5.03 Å². The van der Waals surface area contributed by atoms with Crippen LogP contribution in [0.2, 0.25) is 0 Å². The summed E-state index contributed by atoms with van der Waals surface area (Å²) in [6, 6.07) is 16.3. The zero-order chi connectivity index (χ0) is 27.3. The number of rotatable bonds is 4. The molecular weight excluding hydrogens is 506 g/mol. The molecule has 0 radical (unpaired) electrons. The van der Waals surface area contributed by atoms with Gasteiger partial charge in [-0.2, -0.15) is 0 Å². The molecule has 0 aliphatic carbocycles. The highest BCUT2D eigenvalue weighted by Crippen LogP contribution is 2.44. The molecule has 0 saturated heterocycles. The van der Waals surface area contributed by atoms with Crippen LogP contribution in [0.5, 0.6) is 0 Å². The van der Waals surface area contributed by atoms with E-state index >= 15 is 0 Å². The maximum atomic E-state index is 12.5. The number of aromatic amines is 1. The molecule has 0 atom stereocenters. The Morgan fingerprint density at radius 2 is 1.28 bits per heavy atom. The minimum Gasteiger partial charge on any atom is -0.355 e. The topological polar surface area (TPSA) is 176 Å². The van der Waals surface area contributed by atoms with E-state index < -0.39 is 31.8 Å². The molecule has 39 heavy (non-hydrogen) atoms. The summed E-state index contributed by atoms with van der Waals surface area (Å²) in [5.74, 6) is 0. The van der Waals surface area contributed by atoms with Gasteiger partial charge in [-0.15, -0.1) is 0 Å². The summed E-state index contributed by atoms with van der Waals surface area (Å²) < 4.78 is 0.372. The molecule has 5 heterocycles. The van der Waals surface area contributed by atoms with Crippen molar-refractivity contribution in [2.45, 2.75) is 0 Å². The van der Waals surface area contributed by atoms with E-state index in [9.17, 15) is 30.3 Å². The third kappa shape index (κ3) is 3.99. The zero-order valence-corrected chi connectivity index (χ0v) is 19.7. The lowest BCUT2D eigenvalue weighted by Crippen LogP contribution is -2.10. The van der Waals surface area contributed by atoms with Crippen molar-refractivity contribution >= 4 is 57.7 Å². The van der Waals surface area contributed by atoms with Gasteiger partial charge in [0.25, 0.3) is 5.52 Å². The van der Waals surface area contributed by atoms with Crippen LogP contribution in [0.25, 0.3) is 57.5 Å². The van der Waals surface area contributed by atoms with Crippen molar-refractivity contribution in [1.29, 1.82) is 0 Å². The summed E-state index contributed by atoms with van der Waals surface area (Å²) in [5.41, 5.74) is -0.399. The molecular formula is C26H15N7O6. The highest BCUT2D eigenvalue weighted by atomic mass is 16.7. The normalized spacial score (nSPS) is 12.0. The van der Waals surface area contributed by atoms with Crippen molar-refractivity contribution in [3.8, 4) is 11.1 Å². The Bertz CT molecular complexity index is 1950. The molecule has 13 heteroatoms. The van der Waals surface area contributed by atoms with Gasteiger partial charge in [-0.25, -0.2) is 20.1 Å². The fourth-order valence-corrected chi connectivity index (χ4v) is 4.65. The predicted octanol–water partition coefficient (Wildman–Crippen LogP) is 5.65. The Labute approximate surface area is 217 Å². The Morgan fingerprint density at radius 1 is 0.692 bits per heavy atom. The van der Waals surface area contributed by atoms with E-state index in [1.807, 2.05) is 6.07 Å². The van der Waals surface area contributed by atoms with E-state index in [-0.39, 0.29) is 28.0 Å². The van der Waals surface area contributed by atoms with E-state index in [0.717, 1.165) is 5.52 Å². The van der Waals surface area contributed by atoms with Crippen molar-refractivity contribution in [3.05, 3.63) is 114 Å². The first-order valence-electron chi connectivity index (χ1n) is 11.5. The van der Waals surface area contributed by atoms with Crippen LogP contribution in [0.4, 0.5) is 11.4 Å². The van der Waals surface area contributed by atoms with Gasteiger partial charge < -0.3 is 4.98 Å². The maximum Gasteiger partial charge on any atom is 0.331 e. The predicted molar refractivity (Wildman–Crippen MR) is 144 cm³/mol. The molecule has 0 spiro atoms. The van der Waals surface area contributed by atoms with Crippen molar-refractivity contribution in [2.24, 2.45) is 0 Å². The average Bonchev–Trinajstić information content (AvgIpc) is 3.68. The summed E-state index contributed by atoms with van der Waals surface area (Å²) in [4.78, 5) is 47.6. The van der Waals surface area contributed by atoms with Crippen molar-refractivity contribution in [1.82, 2.24) is 19.6 Å². The zero-order valence-electron chi connectivity index (χ0n) is 19.7. The van der Waals surface area contributed by atoms with Crippen LogP contribution in [-0.2, 0) is 0 Å². The number of hydrogen-bond acceptors (Lipinski definition) is 8. The van der Waals surface area contributed by atoms with Crippen molar-refractivity contribution in [3.63, 3.8) is 0 Å². The molecule has 6 rings (SSSR count). The number of nitrogens with zero attached hydrogens (tertiary/aromatic N) is 6. The minimum atomic E-state index is -0.918. The highest BCUT2D eigenvalue weighted by Gasteiger charge is 2.39. The van der Waals surface area contributed by atoms with Crippen molar-refractivity contribution in [2.75, 3.05) is 0 Å². The van der Waals surface area contributed by atoms with Gasteiger partial charge in [-0.05, 0) is 64.9 Å². The largest absolute Gasteiger partial charge is 0.355 e. The standard InChI is InChI=1S/C26H15N7O6/c34-31(35)24-21-11-10-19(29-21)13-18-7-6-16(27-18)12-17-8-9-20(28-17)14-22-23(15-4-2-1-3-5-15)25(32(36)37)26(24)30(22)33(38)39/h1-14,27H. The fourth-order valence-electron chi connectivity index (χ4n) is 4.65. The van der Waals surface area contributed by atoms with E-state index in [2.05, 4.69) is 15.0 Å². The second-order valence-corrected chi connectivity index (χ2v) is 8.59. The average molecular weight is 521 g/mol. The van der Waals surface area contributed by atoms with Crippen LogP contribution in [0.1, 0.15) is 22.8 Å². The number of fused-ring (bicyclic) bond motifs is 8. The quantitative estimate of drug-likeness (QED) is 0.228. The molecule has 8 bridgehead atoms. The smallest absolute Gasteiger partial charge is 0.331 e. The summed E-state index contributed by atoms with van der Waals surface area (Å²) in [5, 5.41) is 36.5. The van der Waals surface area contributed by atoms with Gasteiger partial charge in [-0.3, -0.25) is 20.2 Å². The van der Waals surface area contributed by atoms with E-state index in [4.69, 9.17) is 0 Å². The van der Waals surface area contributed by atoms with Gasteiger partial charge in [0.05, 0.1) is 32.5 Å². The molecule has 0 unspecified atom stereocenters. The molecule has 1 aromatic carbocycles. The first-order valence-corrected chi connectivity index (χ1v) is 11.5. The molecule has 2 aliphatic rings. The second kappa shape index (κ2) is 8.85. The van der Waals surface area contributed by atoms with Gasteiger partial charge >= 0.3 is 11.4 Å². The first kappa shape index (κ1) is 23.4. The van der Waals surface area contributed by atoms with Crippen LogP contribution in [-0.4, -0.2) is 34.5 Å². The van der Waals surface area contributed by atoms with Crippen LogP contribution < -0.4 is 0 Å². The Morgan fingerprint density at radius 3 is 1.90 bits per heavy atom. The third-order valence-corrected chi connectivity index (χ3v) is 6.18. The molecule has 1 N–H and O–H groups in total.